The van der Waals surface area contributed by atoms with E-state index in [9.17, 15) is 23.6 Å². The summed E-state index contributed by atoms with van der Waals surface area (Å²) >= 11 is 0. The SMILES string of the molecule is O=[N+]([O-])c1cccc(S(=O)(=O)Nc2ccccc2CO)c1. The minimum absolute atomic E-state index is 0.218. The van der Waals surface area contributed by atoms with Crippen LogP contribution in [0.4, 0.5) is 11.4 Å². The molecule has 8 heteroatoms. The molecule has 0 aromatic heterocycles. The second kappa shape index (κ2) is 5.90. The molecule has 0 saturated carbocycles. The van der Waals surface area contributed by atoms with Gasteiger partial charge in [-0.05, 0) is 12.1 Å². The second-order valence-corrected chi connectivity index (χ2v) is 5.86. The Balaban J connectivity index is 2.39. The number of sulfonamides is 1. The second-order valence-electron chi connectivity index (χ2n) is 4.18. The Labute approximate surface area is 121 Å². The highest BCUT2D eigenvalue weighted by Crippen LogP contribution is 2.22. The van der Waals surface area contributed by atoms with Crippen LogP contribution in [0.15, 0.2) is 53.4 Å². The predicted octanol–water partition coefficient (Wildman–Crippen LogP) is 1.89. The maximum atomic E-state index is 12.2. The molecule has 0 aliphatic carbocycles. The van der Waals surface area contributed by atoms with E-state index in [0.717, 1.165) is 6.07 Å². The van der Waals surface area contributed by atoms with Crippen molar-refractivity contribution < 1.29 is 18.4 Å². The maximum absolute atomic E-state index is 12.2. The first-order valence-electron chi connectivity index (χ1n) is 5.90. The summed E-state index contributed by atoms with van der Waals surface area (Å²) in [6.07, 6.45) is 0. The Hall–Kier alpha value is -2.45. The van der Waals surface area contributed by atoms with E-state index in [-0.39, 0.29) is 22.9 Å². The molecular weight excluding hydrogens is 296 g/mol. The Morgan fingerprint density at radius 3 is 2.52 bits per heavy atom. The Bertz CT molecular complexity index is 774. The molecule has 2 rings (SSSR count). The maximum Gasteiger partial charge on any atom is 0.270 e. The molecule has 2 aromatic carbocycles. The molecular formula is C13H12N2O5S. The third-order valence-corrected chi connectivity index (χ3v) is 4.13. The topological polar surface area (TPSA) is 110 Å². The van der Waals surface area contributed by atoms with Crippen LogP contribution < -0.4 is 4.72 Å². The predicted molar refractivity (Wildman–Crippen MR) is 76.3 cm³/mol. The van der Waals surface area contributed by atoms with Crippen molar-refractivity contribution in [3.05, 3.63) is 64.2 Å². The van der Waals surface area contributed by atoms with Crippen LogP contribution >= 0.6 is 0 Å². The van der Waals surface area contributed by atoms with Gasteiger partial charge in [0.25, 0.3) is 15.7 Å². The van der Waals surface area contributed by atoms with Gasteiger partial charge >= 0.3 is 0 Å². The molecule has 0 bridgehead atoms. The van der Waals surface area contributed by atoms with Crippen molar-refractivity contribution in [3.8, 4) is 0 Å². The van der Waals surface area contributed by atoms with Gasteiger partial charge in [0.1, 0.15) is 0 Å². The lowest BCUT2D eigenvalue weighted by atomic mass is 10.2. The molecule has 21 heavy (non-hydrogen) atoms. The molecule has 0 aliphatic heterocycles. The molecule has 0 spiro atoms. The minimum Gasteiger partial charge on any atom is -0.392 e. The number of aliphatic hydroxyl groups is 1. The molecule has 0 amide bonds. The van der Waals surface area contributed by atoms with Crippen molar-refractivity contribution in [1.82, 2.24) is 0 Å². The highest BCUT2D eigenvalue weighted by atomic mass is 32.2. The first-order chi connectivity index (χ1) is 9.94. The molecule has 7 nitrogen and oxygen atoms in total. The highest BCUT2D eigenvalue weighted by Gasteiger charge is 2.18. The number of nitrogens with one attached hydrogen (secondary N) is 1. The number of benzene rings is 2. The monoisotopic (exact) mass is 308 g/mol. The number of non-ortho nitro benzene ring substituents is 1. The molecule has 0 unspecified atom stereocenters. The zero-order chi connectivity index (χ0) is 15.5. The number of anilines is 1. The van der Waals surface area contributed by atoms with E-state index in [2.05, 4.69) is 4.72 Å². The van der Waals surface area contributed by atoms with Crippen molar-refractivity contribution in [2.45, 2.75) is 11.5 Å². The summed E-state index contributed by atoms with van der Waals surface area (Å²) < 4.78 is 26.8. The van der Waals surface area contributed by atoms with Gasteiger partial charge in [0.15, 0.2) is 0 Å². The molecule has 2 N–H and O–H groups in total. The lowest BCUT2D eigenvalue weighted by Gasteiger charge is -2.11. The summed E-state index contributed by atoms with van der Waals surface area (Å²) in [6, 6.07) is 11.1. The molecule has 110 valence electrons. The van der Waals surface area contributed by atoms with E-state index >= 15 is 0 Å². The largest absolute Gasteiger partial charge is 0.392 e. The van der Waals surface area contributed by atoms with Crippen molar-refractivity contribution >= 4 is 21.4 Å². The van der Waals surface area contributed by atoms with Gasteiger partial charge in [0.2, 0.25) is 0 Å². The van der Waals surface area contributed by atoms with E-state index in [4.69, 9.17) is 0 Å². The van der Waals surface area contributed by atoms with Gasteiger partial charge < -0.3 is 5.11 Å². The molecule has 0 heterocycles. The van der Waals surface area contributed by atoms with E-state index in [0.29, 0.717) is 5.56 Å². The number of aliphatic hydroxyl groups excluding tert-OH is 1. The van der Waals surface area contributed by atoms with E-state index < -0.39 is 14.9 Å². The standard InChI is InChI=1S/C13H12N2O5S/c16-9-10-4-1-2-7-13(10)14-21(19,20)12-6-3-5-11(8-12)15(17)18/h1-8,14,16H,9H2. The fraction of sp³-hybridized carbons (Fsp3) is 0.0769. The normalized spacial score (nSPS) is 11.1. The fourth-order valence-corrected chi connectivity index (χ4v) is 2.87. The van der Waals surface area contributed by atoms with Crippen LogP contribution in [0.2, 0.25) is 0 Å². The number of nitro groups is 1. The molecule has 0 aliphatic rings. The molecule has 0 atom stereocenters. The van der Waals surface area contributed by atoms with Gasteiger partial charge in [-0.3, -0.25) is 14.8 Å². The first-order valence-corrected chi connectivity index (χ1v) is 7.38. The number of para-hydroxylation sites is 1. The average Bonchev–Trinajstić information content (AvgIpc) is 2.47. The molecule has 0 fully saturated rings. The van der Waals surface area contributed by atoms with Crippen LogP contribution in [0.1, 0.15) is 5.56 Å². The molecule has 2 aromatic rings. The van der Waals surface area contributed by atoms with E-state index in [1.54, 1.807) is 18.2 Å². The average molecular weight is 308 g/mol. The van der Waals surface area contributed by atoms with Crippen molar-refractivity contribution in [1.29, 1.82) is 0 Å². The van der Waals surface area contributed by atoms with Gasteiger partial charge in [-0.15, -0.1) is 0 Å². The lowest BCUT2D eigenvalue weighted by molar-refractivity contribution is -0.385. The van der Waals surface area contributed by atoms with Gasteiger partial charge in [0, 0.05) is 17.7 Å². The highest BCUT2D eigenvalue weighted by molar-refractivity contribution is 7.92. The Kier molecular flexibility index (Phi) is 4.20. The van der Waals surface area contributed by atoms with Crippen LogP contribution in [0, 0.1) is 10.1 Å². The summed E-state index contributed by atoms with van der Waals surface area (Å²) in [5, 5.41) is 19.9. The first kappa shape index (κ1) is 14.9. The number of nitrogens with zero attached hydrogens (tertiary/aromatic N) is 1. The Morgan fingerprint density at radius 2 is 1.86 bits per heavy atom. The van der Waals surface area contributed by atoms with Crippen LogP contribution in [0.25, 0.3) is 0 Å². The quantitative estimate of drug-likeness (QED) is 0.647. The summed E-state index contributed by atoms with van der Waals surface area (Å²) in [6.45, 7) is -0.326. The minimum atomic E-state index is -3.97. The summed E-state index contributed by atoms with van der Waals surface area (Å²) in [4.78, 5) is 9.81. The third-order valence-electron chi connectivity index (χ3n) is 2.77. The third kappa shape index (κ3) is 3.36. The van der Waals surface area contributed by atoms with Gasteiger partial charge in [-0.1, -0.05) is 24.3 Å². The summed E-state index contributed by atoms with van der Waals surface area (Å²) in [5.74, 6) is 0. The van der Waals surface area contributed by atoms with Crippen molar-refractivity contribution in [2.24, 2.45) is 0 Å². The molecule has 0 radical (unpaired) electrons. The van der Waals surface area contributed by atoms with E-state index in [1.807, 2.05) is 0 Å². The van der Waals surface area contributed by atoms with Gasteiger partial charge in [-0.2, -0.15) is 0 Å². The summed E-state index contributed by atoms with van der Waals surface area (Å²) in [5.41, 5.74) is 0.325. The number of hydrogen-bond donors (Lipinski definition) is 2. The van der Waals surface area contributed by atoms with Crippen LogP contribution in [-0.2, 0) is 16.6 Å². The van der Waals surface area contributed by atoms with Crippen LogP contribution in [0.5, 0.6) is 0 Å². The van der Waals surface area contributed by atoms with Crippen LogP contribution in [0.3, 0.4) is 0 Å². The zero-order valence-corrected chi connectivity index (χ0v) is 11.6. The number of hydrogen-bond acceptors (Lipinski definition) is 5. The van der Waals surface area contributed by atoms with Crippen molar-refractivity contribution in [2.75, 3.05) is 4.72 Å². The Morgan fingerprint density at radius 1 is 1.14 bits per heavy atom. The van der Waals surface area contributed by atoms with Gasteiger partial charge in [0.05, 0.1) is 22.1 Å². The summed E-state index contributed by atoms with van der Waals surface area (Å²) in [7, 11) is -3.97. The van der Waals surface area contributed by atoms with Crippen LogP contribution in [-0.4, -0.2) is 18.4 Å². The zero-order valence-electron chi connectivity index (χ0n) is 10.8. The molecule has 0 saturated heterocycles. The van der Waals surface area contributed by atoms with Gasteiger partial charge in [-0.25, -0.2) is 8.42 Å². The van der Waals surface area contributed by atoms with Crippen molar-refractivity contribution in [3.63, 3.8) is 0 Å². The number of rotatable bonds is 5. The van der Waals surface area contributed by atoms with E-state index in [1.165, 1.54) is 24.3 Å². The smallest absolute Gasteiger partial charge is 0.270 e. The lowest BCUT2D eigenvalue weighted by Crippen LogP contribution is -2.14. The number of nitro benzene ring substituents is 1. The fourth-order valence-electron chi connectivity index (χ4n) is 1.73.